The average molecular weight is 1040 g/mol. The first-order valence-corrected chi connectivity index (χ1v) is 29.9. The first-order chi connectivity index (χ1) is 36.7. The maximum Gasteiger partial charge on any atom is 0.264 e. The quantitative estimate of drug-likeness (QED) is 0.165. The van der Waals surface area contributed by atoms with Gasteiger partial charge in [0, 0.05) is 43.3 Å². The summed E-state index contributed by atoms with van der Waals surface area (Å²) >= 11 is 2.05. The van der Waals surface area contributed by atoms with E-state index in [9.17, 15) is 5.26 Å². The fourth-order valence-corrected chi connectivity index (χ4v) is 16.2. The topological polar surface area (TPSA) is 30.3 Å². The predicted octanol–water partition coefficient (Wildman–Crippen LogP) is 18.5. The Morgan fingerprint density at radius 1 is 0.474 bits per heavy atom. The summed E-state index contributed by atoms with van der Waals surface area (Å²) in [6.07, 6.45) is 6.96. The third kappa shape index (κ3) is 7.69. The zero-order valence-electron chi connectivity index (χ0n) is 49.2. The molecule has 13 rings (SSSR count). The van der Waals surface area contributed by atoms with E-state index in [0.717, 1.165) is 47.9 Å². The summed E-state index contributed by atoms with van der Waals surface area (Å²) in [7, 11) is 0. The largest absolute Gasteiger partial charge is 0.311 e. The molecule has 1 aromatic heterocycles. The van der Waals surface area contributed by atoms with Crippen LogP contribution in [0.3, 0.4) is 0 Å². The van der Waals surface area contributed by atoms with Crippen molar-refractivity contribution < 1.29 is 0 Å². The smallest absolute Gasteiger partial charge is 0.264 e. The van der Waals surface area contributed by atoms with Gasteiger partial charge in [-0.25, -0.2) is 0 Å². The third-order valence-corrected chi connectivity index (χ3v) is 21.4. The minimum Gasteiger partial charge on any atom is -0.311 e. The van der Waals surface area contributed by atoms with Gasteiger partial charge in [-0.3, -0.25) is 0 Å². The maximum absolute atomic E-state index is 10.2. The molecule has 0 amide bonds. The van der Waals surface area contributed by atoms with Crippen molar-refractivity contribution in [3.05, 3.63) is 172 Å². The highest BCUT2D eigenvalue weighted by molar-refractivity contribution is 7.33. The highest BCUT2D eigenvalue weighted by Gasteiger charge is 2.49. The Bertz CT molecular complexity index is 3880. The number of benzene rings is 7. The standard InChI is InChI=1S/C73H78BN3S/c1-67(2,3)47-23-25-48(26-24-47)77-62-37-46(51-22-17-16-21-50(51)45-20-18-19-44(35-45)43-75)36-61-64(62)74(66-65(77)52-39-55-58(42-63(52)78-66)73(14,15)34-31-70(55,8)9)59-40-56-57(72(12,13)33-32-71(56,10)11)41-60(59)76(61)49-27-28-53-54(38-49)69(6,7)30-29-68(53,4)5/h16-28,35-42H,29-34H2,1-15H3. The minimum atomic E-state index is -0.0208. The molecule has 0 saturated carbocycles. The molecule has 2 aliphatic heterocycles. The zero-order chi connectivity index (χ0) is 55.0. The second kappa shape index (κ2) is 16.8. The summed E-state index contributed by atoms with van der Waals surface area (Å²) in [6.45, 7) is 36.7. The Balaban J connectivity index is 1.20. The van der Waals surface area contributed by atoms with Crippen LogP contribution < -0.4 is 25.5 Å². The van der Waals surface area contributed by atoms with E-state index in [-0.39, 0.29) is 44.6 Å². The van der Waals surface area contributed by atoms with Gasteiger partial charge in [0.15, 0.2) is 0 Å². The highest BCUT2D eigenvalue weighted by atomic mass is 32.1. The number of nitrogens with zero attached hydrogens (tertiary/aromatic N) is 3. The molecule has 0 saturated heterocycles. The zero-order valence-corrected chi connectivity index (χ0v) is 50.0. The second-order valence-electron chi connectivity index (χ2n) is 29.3. The molecule has 394 valence electrons. The molecule has 0 atom stereocenters. The molecule has 0 N–H and O–H groups in total. The molecule has 0 radical (unpaired) electrons. The summed E-state index contributed by atoms with van der Waals surface area (Å²) in [5, 5.41) is 11.6. The van der Waals surface area contributed by atoms with Crippen LogP contribution in [0.15, 0.2) is 127 Å². The van der Waals surface area contributed by atoms with Crippen molar-refractivity contribution in [2.24, 2.45) is 0 Å². The van der Waals surface area contributed by atoms with E-state index in [1.807, 2.05) is 12.1 Å². The van der Waals surface area contributed by atoms with Gasteiger partial charge in [-0.05, 0) is 215 Å². The van der Waals surface area contributed by atoms with Gasteiger partial charge >= 0.3 is 0 Å². The van der Waals surface area contributed by atoms with E-state index in [2.05, 4.69) is 246 Å². The van der Waals surface area contributed by atoms with Crippen molar-refractivity contribution in [3.63, 3.8) is 0 Å². The average Bonchev–Trinajstić information content (AvgIpc) is 2.68. The maximum atomic E-state index is 10.2. The van der Waals surface area contributed by atoms with Gasteiger partial charge in [0.2, 0.25) is 0 Å². The van der Waals surface area contributed by atoms with Crippen molar-refractivity contribution in [2.75, 3.05) is 9.80 Å². The lowest BCUT2D eigenvalue weighted by molar-refractivity contribution is 0.332. The van der Waals surface area contributed by atoms with E-state index in [4.69, 9.17) is 0 Å². The van der Waals surface area contributed by atoms with Crippen molar-refractivity contribution >= 4 is 78.0 Å². The number of hydrogen-bond donors (Lipinski definition) is 0. The summed E-state index contributed by atoms with van der Waals surface area (Å²) in [5.41, 5.74) is 25.9. The molecule has 3 nitrogen and oxygen atoms in total. The Hall–Kier alpha value is -6.35. The van der Waals surface area contributed by atoms with E-state index in [1.54, 1.807) is 0 Å². The molecule has 8 aromatic rings. The van der Waals surface area contributed by atoms with Crippen molar-refractivity contribution in [1.82, 2.24) is 0 Å². The first kappa shape index (κ1) is 51.1. The number of rotatable bonds is 4. The third-order valence-electron chi connectivity index (χ3n) is 20.2. The molecule has 78 heavy (non-hydrogen) atoms. The summed E-state index contributed by atoms with van der Waals surface area (Å²) < 4.78 is 2.81. The number of fused-ring (bicyclic) bond motifs is 9. The number of thiophene rings is 1. The van der Waals surface area contributed by atoms with Crippen LogP contribution >= 0.6 is 11.3 Å². The molecule has 0 spiro atoms. The molecule has 5 aliphatic rings. The lowest BCUT2D eigenvalue weighted by Crippen LogP contribution is -2.61. The second-order valence-corrected chi connectivity index (χ2v) is 30.3. The molecule has 3 aliphatic carbocycles. The van der Waals surface area contributed by atoms with Crippen LogP contribution in [0, 0.1) is 11.3 Å². The van der Waals surface area contributed by atoms with Gasteiger partial charge in [-0.15, -0.1) is 11.3 Å². The fourth-order valence-electron chi connectivity index (χ4n) is 14.9. The molecule has 3 heterocycles. The number of hydrogen-bond acceptors (Lipinski definition) is 4. The monoisotopic (exact) mass is 1040 g/mol. The number of anilines is 6. The fraction of sp³-hybridized carbons (Fsp3) is 0.384. The SMILES string of the molecule is CC(C)(C)c1ccc(N2c3cc(-c4ccccc4-c4cccc(C#N)c4)cc4c3B(c3cc5c(cc3N4c3ccc4c(c3)C(C)(C)CCC4(C)C)C(C)(C)CCC5(C)C)c3sc4cc5c(cc4c32)C(C)(C)CCC5(C)C)cc1. The predicted molar refractivity (Wildman–Crippen MR) is 336 cm³/mol. The van der Waals surface area contributed by atoms with Crippen LogP contribution in [0.5, 0.6) is 0 Å². The Morgan fingerprint density at radius 2 is 0.987 bits per heavy atom. The molecular formula is C73H78BN3S. The Morgan fingerprint density at radius 3 is 1.58 bits per heavy atom. The van der Waals surface area contributed by atoms with Crippen molar-refractivity contribution in [1.29, 1.82) is 5.26 Å². The molecule has 0 bridgehead atoms. The molecule has 5 heteroatoms. The highest BCUT2D eigenvalue weighted by Crippen LogP contribution is 2.56. The van der Waals surface area contributed by atoms with Crippen LogP contribution in [0.1, 0.15) is 187 Å². The van der Waals surface area contributed by atoms with Gasteiger partial charge in [-0.1, -0.05) is 165 Å². The molecule has 0 unspecified atom stereocenters. The summed E-state index contributed by atoms with van der Waals surface area (Å²) in [6, 6.07) is 52.4. The first-order valence-electron chi connectivity index (χ1n) is 29.1. The van der Waals surface area contributed by atoms with Crippen LogP contribution in [-0.2, 0) is 37.9 Å². The minimum absolute atomic E-state index is 0.000794. The van der Waals surface area contributed by atoms with Crippen LogP contribution in [0.25, 0.3) is 32.3 Å². The number of nitriles is 1. The van der Waals surface area contributed by atoms with Crippen LogP contribution in [0.4, 0.5) is 34.1 Å². The van der Waals surface area contributed by atoms with Gasteiger partial charge in [0.05, 0.1) is 17.3 Å². The van der Waals surface area contributed by atoms with Crippen molar-refractivity contribution in [3.8, 4) is 28.3 Å². The van der Waals surface area contributed by atoms with E-state index in [1.165, 1.54) is 112 Å². The van der Waals surface area contributed by atoms with Crippen molar-refractivity contribution in [2.45, 2.75) is 180 Å². The van der Waals surface area contributed by atoms with Gasteiger partial charge < -0.3 is 9.80 Å². The Labute approximate surface area is 470 Å². The van der Waals surface area contributed by atoms with Gasteiger partial charge in [0.1, 0.15) is 0 Å². The lowest BCUT2D eigenvalue weighted by Gasteiger charge is -2.47. The van der Waals surface area contributed by atoms with E-state index < -0.39 is 0 Å². The van der Waals surface area contributed by atoms with E-state index in [0.29, 0.717) is 5.56 Å². The Kier molecular flexibility index (Phi) is 11.0. The lowest BCUT2D eigenvalue weighted by atomic mass is 9.35. The van der Waals surface area contributed by atoms with Gasteiger partial charge in [-0.2, -0.15) is 5.26 Å². The van der Waals surface area contributed by atoms with E-state index >= 15 is 0 Å². The van der Waals surface area contributed by atoms with Gasteiger partial charge in [0.25, 0.3) is 6.71 Å². The normalized spacial score (nSPS) is 19.4. The summed E-state index contributed by atoms with van der Waals surface area (Å²) in [5.74, 6) is 0. The molecular weight excluding hydrogens is 962 g/mol. The summed E-state index contributed by atoms with van der Waals surface area (Å²) in [4.78, 5) is 5.41. The molecule has 7 aromatic carbocycles. The molecule has 0 fully saturated rings. The van der Waals surface area contributed by atoms with Crippen LogP contribution in [-0.4, -0.2) is 6.71 Å². The van der Waals surface area contributed by atoms with Crippen LogP contribution in [0.2, 0.25) is 0 Å².